The molecule has 5 heteroatoms. The first-order valence-corrected chi connectivity index (χ1v) is 5.62. The van der Waals surface area contributed by atoms with Gasteiger partial charge in [0.2, 0.25) is 5.91 Å². The summed E-state index contributed by atoms with van der Waals surface area (Å²) in [5, 5.41) is 0. The number of ether oxygens (including phenoxy) is 3. The molecule has 2 saturated heterocycles. The molecule has 2 heterocycles. The molecule has 2 aliphatic heterocycles. The lowest BCUT2D eigenvalue weighted by Crippen LogP contribution is -2.67. The predicted octanol–water partition coefficient (Wildman–Crippen LogP) is 0.0392. The molecule has 0 aromatic rings. The molecule has 1 amide bonds. The van der Waals surface area contributed by atoms with Gasteiger partial charge in [-0.3, -0.25) is 4.79 Å². The second-order valence-electron chi connectivity index (χ2n) is 4.56. The van der Waals surface area contributed by atoms with E-state index < -0.39 is 0 Å². The van der Waals surface area contributed by atoms with Crippen molar-refractivity contribution in [1.29, 1.82) is 0 Å². The fraction of sp³-hybridized carbons (Fsp3) is 0.909. The first-order valence-electron chi connectivity index (χ1n) is 5.62. The zero-order valence-electron chi connectivity index (χ0n) is 9.90. The summed E-state index contributed by atoms with van der Waals surface area (Å²) in [6.07, 6.45) is 2.11. The van der Waals surface area contributed by atoms with E-state index in [0.717, 1.165) is 19.4 Å². The van der Waals surface area contributed by atoms with Crippen LogP contribution in [0.4, 0.5) is 0 Å². The monoisotopic (exact) mass is 229 g/mol. The van der Waals surface area contributed by atoms with Crippen LogP contribution < -0.4 is 0 Å². The van der Waals surface area contributed by atoms with Gasteiger partial charge in [0, 0.05) is 27.2 Å². The van der Waals surface area contributed by atoms with Gasteiger partial charge in [0.05, 0.1) is 19.2 Å². The van der Waals surface area contributed by atoms with Crippen LogP contribution in [0.1, 0.15) is 12.8 Å². The van der Waals surface area contributed by atoms with Crippen molar-refractivity contribution in [3.05, 3.63) is 0 Å². The predicted molar refractivity (Wildman–Crippen MR) is 57.2 cm³/mol. The van der Waals surface area contributed by atoms with Crippen LogP contribution >= 0.6 is 0 Å². The molecule has 1 atom stereocenters. The van der Waals surface area contributed by atoms with E-state index in [2.05, 4.69) is 0 Å². The number of carbonyl (C=O) groups is 1. The largest absolute Gasteiger partial charge is 0.381 e. The van der Waals surface area contributed by atoms with Gasteiger partial charge in [0.25, 0.3) is 0 Å². The van der Waals surface area contributed by atoms with E-state index in [1.54, 1.807) is 12.0 Å². The van der Waals surface area contributed by atoms with Crippen molar-refractivity contribution in [2.45, 2.75) is 24.5 Å². The van der Waals surface area contributed by atoms with Crippen molar-refractivity contribution < 1.29 is 19.0 Å². The molecular formula is C11H19NO4. The van der Waals surface area contributed by atoms with Crippen molar-refractivity contribution in [3.63, 3.8) is 0 Å². The molecule has 16 heavy (non-hydrogen) atoms. The molecule has 5 nitrogen and oxygen atoms in total. The van der Waals surface area contributed by atoms with Crippen LogP contribution in [0.2, 0.25) is 0 Å². The highest BCUT2D eigenvalue weighted by Crippen LogP contribution is 2.35. The summed E-state index contributed by atoms with van der Waals surface area (Å²) in [6.45, 7) is 2.23. The van der Waals surface area contributed by atoms with Crippen molar-refractivity contribution in [1.82, 2.24) is 4.90 Å². The van der Waals surface area contributed by atoms with Crippen LogP contribution in [0.5, 0.6) is 0 Å². The highest BCUT2D eigenvalue weighted by molar-refractivity contribution is 5.78. The normalized spacial score (nSPS) is 27.9. The smallest absolute Gasteiger partial charge is 0.248 e. The van der Waals surface area contributed by atoms with E-state index in [9.17, 15) is 4.79 Å². The lowest BCUT2D eigenvalue weighted by Gasteiger charge is -2.52. The van der Waals surface area contributed by atoms with Gasteiger partial charge in [-0.25, -0.2) is 0 Å². The van der Waals surface area contributed by atoms with Gasteiger partial charge < -0.3 is 19.1 Å². The zero-order valence-corrected chi connectivity index (χ0v) is 9.90. The maximum absolute atomic E-state index is 11.5. The Morgan fingerprint density at radius 2 is 2.25 bits per heavy atom. The number of methoxy groups -OCH3 is 2. The number of hydrogen-bond donors (Lipinski definition) is 0. The minimum atomic E-state index is -0.150. The summed E-state index contributed by atoms with van der Waals surface area (Å²) in [5.41, 5.74) is -0.150. The second kappa shape index (κ2) is 4.69. The van der Waals surface area contributed by atoms with Crippen LogP contribution in [-0.4, -0.2) is 63.0 Å². The average molecular weight is 229 g/mol. The Labute approximate surface area is 95.6 Å². The number of carbonyl (C=O) groups excluding carboxylic acids is 1. The summed E-state index contributed by atoms with van der Waals surface area (Å²) in [6, 6.07) is 0. The van der Waals surface area contributed by atoms with Gasteiger partial charge >= 0.3 is 0 Å². The molecule has 0 bridgehead atoms. The first-order chi connectivity index (χ1) is 7.69. The Bertz CT molecular complexity index is 263. The van der Waals surface area contributed by atoms with E-state index in [0.29, 0.717) is 13.1 Å². The summed E-state index contributed by atoms with van der Waals surface area (Å²) in [7, 11) is 3.27. The number of nitrogens with zero attached hydrogens (tertiary/aromatic N) is 1. The molecule has 0 saturated carbocycles. The van der Waals surface area contributed by atoms with Crippen molar-refractivity contribution in [2.24, 2.45) is 0 Å². The Morgan fingerprint density at radius 1 is 1.50 bits per heavy atom. The Morgan fingerprint density at radius 3 is 2.88 bits per heavy atom. The molecule has 2 rings (SSSR count). The number of likely N-dealkylation sites (tertiary alicyclic amines) is 1. The molecule has 0 aromatic carbocycles. The minimum Gasteiger partial charge on any atom is -0.381 e. The highest BCUT2D eigenvalue weighted by atomic mass is 16.5. The van der Waals surface area contributed by atoms with E-state index >= 15 is 0 Å². The quantitative estimate of drug-likeness (QED) is 0.685. The minimum absolute atomic E-state index is 0.0382. The van der Waals surface area contributed by atoms with Crippen LogP contribution in [0.25, 0.3) is 0 Å². The van der Waals surface area contributed by atoms with E-state index in [1.165, 1.54) is 7.11 Å². The highest BCUT2D eigenvalue weighted by Gasteiger charge is 2.49. The molecule has 0 aromatic heterocycles. The van der Waals surface area contributed by atoms with E-state index in [4.69, 9.17) is 14.2 Å². The maximum atomic E-state index is 11.5. The number of hydrogen-bond acceptors (Lipinski definition) is 4. The number of rotatable bonds is 3. The molecule has 0 aliphatic carbocycles. The Kier molecular flexibility index (Phi) is 3.47. The van der Waals surface area contributed by atoms with Crippen LogP contribution in [0.15, 0.2) is 0 Å². The van der Waals surface area contributed by atoms with Gasteiger partial charge in [0.1, 0.15) is 12.2 Å². The maximum Gasteiger partial charge on any atom is 0.248 e. The summed E-state index contributed by atoms with van der Waals surface area (Å²) < 4.78 is 16.0. The molecule has 0 radical (unpaired) electrons. The summed E-state index contributed by atoms with van der Waals surface area (Å²) >= 11 is 0. The Balaban J connectivity index is 1.83. The summed E-state index contributed by atoms with van der Waals surface area (Å²) in [4.78, 5) is 13.3. The SMILES string of the molecule is COCC(=O)N1CC2(CC(OC)CCO2)C1. The van der Waals surface area contributed by atoms with Crippen molar-refractivity contribution in [2.75, 3.05) is 40.5 Å². The molecular weight excluding hydrogens is 210 g/mol. The van der Waals surface area contributed by atoms with E-state index in [1.807, 2.05) is 0 Å². The van der Waals surface area contributed by atoms with Gasteiger partial charge in [-0.15, -0.1) is 0 Å². The van der Waals surface area contributed by atoms with Gasteiger partial charge in [-0.1, -0.05) is 0 Å². The average Bonchev–Trinajstić information content (AvgIpc) is 2.26. The third-order valence-corrected chi connectivity index (χ3v) is 3.36. The summed E-state index contributed by atoms with van der Waals surface area (Å²) in [5.74, 6) is 0.0382. The topological polar surface area (TPSA) is 48.0 Å². The molecule has 0 N–H and O–H groups in total. The van der Waals surface area contributed by atoms with Crippen molar-refractivity contribution >= 4 is 5.91 Å². The van der Waals surface area contributed by atoms with E-state index in [-0.39, 0.29) is 24.2 Å². The van der Waals surface area contributed by atoms with Crippen LogP contribution in [0.3, 0.4) is 0 Å². The molecule has 1 spiro atoms. The van der Waals surface area contributed by atoms with Gasteiger partial charge in [-0.05, 0) is 6.42 Å². The fourth-order valence-corrected chi connectivity index (χ4v) is 2.44. The Hall–Kier alpha value is -0.650. The molecule has 2 aliphatic rings. The lowest BCUT2D eigenvalue weighted by molar-refractivity contribution is -0.200. The lowest BCUT2D eigenvalue weighted by atomic mass is 9.84. The third-order valence-electron chi connectivity index (χ3n) is 3.36. The zero-order chi connectivity index (χ0) is 11.6. The van der Waals surface area contributed by atoms with Crippen molar-refractivity contribution in [3.8, 4) is 0 Å². The fourth-order valence-electron chi connectivity index (χ4n) is 2.44. The second-order valence-corrected chi connectivity index (χ2v) is 4.56. The van der Waals surface area contributed by atoms with Gasteiger partial charge in [0.15, 0.2) is 0 Å². The van der Waals surface area contributed by atoms with Crippen LogP contribution in [0, 0.1) is 0 Å². The van der Waals surface area contributed by atoms with Gasteiger partial charge in [-0.2, -0.15) is 0 Å². The molecule has 1 unspecified atom stereocenters. The molecule has 2 fully saturated rings. The standard InChI is InChI=1S/C11H19NO4/c1-14-6-10(13)12-7-11(8-12)5-9(15-2)3-4-16-11/h9H,3-8H2,1-2H3. The first kappa shape index (κ1) is 11.8. The number of amides is 1. The molecule has 92 valence electrons. The van der Waals surface area contributed by atoms with Crippen LogP contribution in [-0.2, 0) is 19.0 Å². The third kappa shape index (κ3) is 2.21.